The summed E-state index contributed by atoms with van der Waals surface area (Å²) < 4.78 is 5.41. The number of hydrogen-bond donors (Lipinski definition) is 0. The van der Waals surface area contributed by atoms with E-state index in [4.69, 9.17) is 9.78 Å². The predicted octanol–water partition coefficient (Wildman–Crippen LogP) is 2.99. The average Bonchev–Trinajstić information content (AvgIpc) is 3.00. The van der Waals surface area contributed by atoms with Gasteiger partial charge in [0.25, 0.3) is 0 Å². The standard InChI is InChI=1S/C20H27N5O/c1-2-3-5-19-22-20(26-23-19)16-25-11-4-10-24(12-13-25)15-18-8-6-17(14-21)7-9-18/h6-9H,2-5,10-13,15-16H2,1H3. The van der Waals surface area contributed by atoms with Crippen molar-refractivity contribution in [2.45, 2.75) is 45.7 Å². The number of nitriles is 1. The molecule has 2 aromatic rings. The van der Waals surface area contributed by atoms with Gasteiger partial charge in [0.1, 0.15) is 0 Å². The highest BCUT2D eigenvalue weighted by molar-refractivity contribution is 5.31. The summed E-state index contributed by atoms with van der Waals surface area (Å²) >= 11 is 0. The third-order valence-electron chi connectivity index (χ3n) is 4.79. The summed E-state index contributed by atoms with van der Waals surface area (Å²) in [5, 5.41) is 13.0. The maximum absolute atomic E-state index is 8.90. The van der Waals surface area contributed by atoms with Gasteiger partial charge in [-0.05, 0) is 43.6 Å². The Morgan fingerprint density at radius 3 is 2.50 bits per heavy atom. The molecule has 1 fully saturated rings. The molecule has 0 amide bonds. The van der Waals surface area contributed by atoms with Crippen molar-refractivity contribution in [3.63, 3.8) is 0 Å². The first-order chi connectivity index (χ1) is 12.8. The molecule has 26 heavy (non-hydrogen) atoms. The number of aromatic nitrogens is 2. The molecule has 0 atom stereocenters. The lowest BCUT2D eigenvalue weighted by Crippen LogP contribution is -2.30. The summed E-state index contributed by atoms with van der Waals surface area (Å²) in [4.78, 5) is 9.39. The quantitative estimate of drug-likeness (QED) is 0.762. The molecule has 0 unspecified atom stereocenters. The van der Waals surface area contributed by atoms with Gasteiger partial charge in [0.05, 0.1) is 18.2 Å². The molecule has 0 aliphatic carbocycles. The summed E-state index contributed by atoms with van der Waals surface area (Å²) in [5.41, 5.74) is 1.98. The van der Waals surface area contributed by atoms with Crippen LogP contribution in [0, 0.1) is 11.3 Å². The van der Waals surface area contributed by atoms with E-state index < -0.39 is 0 Å². The molecule has 0 radical (unpaired) electrons. The zero-order valence-corrected chi connectivity index (χ0v) is 15.5. The second kappa shape index (κ2) is 9.46. The largest absolute Gasteiger partial charge is 0.338 e. The smallest absolute Gasteiger partial charge is 0.240 e. The Morgan fingerprint density at radius 1 is 1.08 bits per heavy atom. The van der Waals surface area contributed by atoms with Crippen LogP contribution >= 0.6 is 0 Å². The Labute approximate surface area is 155 Å². The number of benzene rings is 1. The van der Waals surface area contributed by atoms with Gasteiger partial charge in [0, 0.05) is 26.1 Å². The zero-order chi connectivity index (χ0) is 18.2. The fourth-order valence-electron chi connectivity index (χ4n) is 3.27. The Balaban J connectivity index is 1.48. The van der Waals surface area contributed by atoms with Crippen molar-refractivity contribution in [2.24, 2.45) is 0 Å². The fourth-order valence-corrected chi connectivity index (χ4v) is 3.27. The van der Waals surface area contributed by atoms with Gasteiger partial charge in [0.15, 0.2) is 5.82 Å². The average molecular weight is 353 g/mol. The van der Waals surface area contributed by atoms with Crippen LogP contribution in [0.5, 0.6) is 0 Å². The van der Waals surface area contributed by atoms with Crippen LogP contribution in [0.15, 0.2) is 28.8 Å². The molecule has 6 nitrogen and oxygen atoms in total. The topological polar surface area (TPSA) is 69.2 Å². The molecule has 0 saturated carbocycles. The van der Waals surface area contributed by atoms with E-state index in [1.165, 1.54) is 5.56 Å². The van der Waals surface area contributed by atoms with Crippen molar-refractivity contribution in [3.05, 3.63) is 47.1 Å². The van der Waals surface area contributed by atoms with Crippen LogP contribution in [-0.2, 0) is 19.5 Å². The number of rotatable bonds is 7. The number of unbranched alkanes of at least 4 members (excludes halogenated alkanes) is 1. The summed E-state index contributed by atoms with van der Waals surface area (Å²) in [5.74, 6) is 1.57. The van der Waals surface area contributed by atoms with Crippen LogP contribution in [-0.4, -0.2) is 46.1 Å². The first kappa shape index (κ1) is 18.6. The molecule has 1 saturated heterocycles. The van der Waals surface area contributed by atoms with Crippen molar-refractivity contribution in [2.75, 3.05) is 26.2 Å². The van der Waals surface area contributed by atoms with E-state index in [2.05, 4.69) is 45.1 Å². The highest BCUT2D eigenvalue weighted by atomic mass is 16.5. The molecule has 6 heteroatoms. The van der Waals surface area contributed by atoms with Gasteiger partial charge in [-0.3, -0.25) is 9.80 Å². The van der Waals surface area contributed by atoms with Crippen LogP contribution < -0.4 is 0 Å². The highest BCUT2D eigenvalue weighted by Gasteiger charge is 2.17. The van der Waals surface area contributed by atoms with Crippen molar-refractivity contribution >= 4 is 0 Å². The van der Waals surface area contributed by atoms with E-state index >= 15 is 0 Å². The molecule has 1 aromatic carbocycles. The lowest BCUT2D eigenvalue weighted by Gasteiger charge is -2.21. The van der Waals surface area contributed by atoms with Gasteiger partial charge in [0.2, 0.25) is 5.89 Å². The van der Waals surface area contributed by atoms with Gasteiger partial charge < -0.3 is 4.52 Å². The Bertz CT molecular complexity index is 719. The van der Waals surface area contributed by atoms with E-state index in [0.717, 1.165) is 76.7 Å². The van der Waals surface area contributed by atoms with Gasteiger partial charge >= 0.3 is 0 Å². The monoisotopic (exact) mass is 353 g/mol. The van der Waals surface area contributed by atoms with Crippen molar-refractivity contribution < 1.29 is 4.52 Å². The lowest BCUT2D eigenvalue weighted by molar-refractivity contribution is 0.222. The molecule has 3 rings (SSSR count). The van der Waals surface area contributed by atoms with E-state index in [-0.39, 0.29) is 0 Å². The molecule has 138 valence electrons. The molecule has 0 spiro atoms. The lowest BCUT2D eigenvalue weighted by atomic mass is 10.1. The number of aryl methyl sites for hydroxylation is 1. The van der Waals surface area contributed by atoms with E-state index in [9.17, 15) is 0 Å². The first-order valence-electron chi connectivity index (χ1n) is 9.52. The summed E-state index contributed by atoms with van der Waals surface area (Å²) in [6.07, 6.45) is 4.28. The van der Waals surface area contributed by atoms with Gasteiger partial charge in [-0.2, -0.15) is 10.2 Å². The molecule has 0 N–H and O–H groups in total. The van der Waals surface area contributed by atoms with Crippen LogP contribution in [0.1, 0.15) is 49.0 Å². The number of hydrogen-bond acceptors (Lipinski definition) is 6. The Hall–Kier alpha value is -2.23. The SMILES string of the molecule is CCCCc1noc(CN2CCCN(Cc3ccc(C#N)cc3)CC2)n1. The summed E-state index contributed by atoms with van der Waals surface area (Å²) in [7, 11) is 0. The van der Waals surface area contributed by atoms with E-state index in [0.29, 0.717) is 5.56 Å². The third kappa shape index (κ3) is 5.38. The second-order valence-corrected chi connectivity index (χ2v) is 6.92. The number of nitrogens with zero attached hydrogens (tertiary/aromatic N) is 5. The predicted molar refractivity (Wildman–Crippen MR) is 99.2 cm³/mol. The Morgan fingerprint density at radius 2 is 1.81 bits per heavy atom. The molecule has 1 aromatic heterocycles. The van der Waals surface area contributed by atoms with Crippen molar-refractivity contribution in [1.29, 1.82) is 5.26 Å². The van der Waals surface area contributed by atoms with E-state index in [1.54, 1.807) is 0 Å². The Kier molecular flexibility index (Phi) is 6.75. The maximum atomic E-state index is 8.90. The molecular formula is C20H27N5O. The molecule has 0 bridgehead atoms. The van der Waals surface area contributed by atoms with E-state index in [1.807, 2.05) is 12.1 Å². The molecular weight excluding hydrogens is 326 g/mol. The maximum Gasteiger partial charge on any atom is 0.240 e. The summed E-state index contributed by atoms with van der Waals surface area (Å²) in [6, 6.07) is 10.1. The van der Waals surface area contributed by atoms with Gasteiger partial charge in [-0.15, -0.1) is 0 Å². The van der Waals surface area contributed by atoms with Crippen LogP contribution in [0.2, 0.25) is 0 Å². The second-order valence-electron chi connectivity index (χ2n) is 6.92. The third-order valence-corrected chi connectivity index (χ3v) is 4.79. The van der Waals surface area contributed by atoms with Gasteiger partial charge in [-0.1, -0.05) is 30.6 Å². The molecule has 2 heterocycles. The fraction of sp³-hybridized carbons (Fsp3) is 0.550. The minimum Gasteiger partial charge on any atom is -0.338 e. The van der Waals surface area contributed by atoms with Crippen molar-refractivity contribution in [1.82, 2.24) is 19.9 Å². The minimum absolute atomic E-state index is 0.716. The molecule has 1 aliphatic rings. The van der Waals surface area contributed by atoms with Crippen LogP contribution in [0.25, 0.3) is 0 Å². The normalized spacial score (nSPS) is 16.3. The summed E-state index contributed by atoms with van der Waals surface area (Å²) in [6.45, 7) is 8.01. The van der Waals surface area contributed by atoms with Crippen LogP contribution in [0.3, 0.4) is 0 Å². The van der Waals surface area contributed by atoms with Gasteiger partial charge in [-0.25, -0.2) is 0 Å². The first-order valence-corrected chi connectivity index (χ1v) is 9.52. The highest BCUT2D eigenvalue weighted by Crippen LogP contribution is 2.12. The molecule has 1 aliphatic heterocycles. The zero-order valence-electron chi connectivity index (χ0n) is 15.5. The van der Waals surface area contributed by atoms with Crippen LogP contribution in [0.4, 0.5) is 0 Å². The minimum atomic E-state index is 0.716. The van der Waals surface area contributed by atoms with Crippen molar-refractivity contribution in [3.8, 4) is 6.07 Å².